The molecule has 0 saturated heterocycles. The molecule has 1 aromatic heterocycles. The Bertz CT molecular complexity index is 878. The molecule has 2 aromatic rings. The van der Waals surface area contributed by atoms with E-state index in [1.54, 1.807) is 30.0 Å². The van der Waals surface area contributed by atoms with Gasteiger partial charge in [-0.05, 0) is 36.8 Å². The molecular formula is C20H20FN3OS2. The van der Waals surface area contributed by atoms with Crippen molar-refractivity contribution in [3.63, 3.8) is 0 Å². The van der Waals surface area contributed by atoms with Crippen molar-refractivity contribution in [1.82, 2.24) is 10.3 Å². The average Bonchev–Trinajstić information content (AvgIpc) is 3.53. The molecule has 0 aliphatic heterocycles. The summed E-state index contributed by atoms with van der Waals surface area (Å²) < 4.78 is 13.6. The molecule has 1 fully saturated rings. The molecule has 140 valence electrons. The van der Waals surface area contributed by atoms with Crippen molar-refractivity contribution in [2.24, 2.45) is 0 Å². The van der Waals surface area contributed by atoms with E-state index >= 15 is 0 Å². The van der Waals surface area contributed by atoms with Gasteiger partial charge in [-0.2, -0.15) is 17.0 Å². The van der Waals surface area contributed by atoms with Crippen molar-refractivity contribution in [3.05, 3.63) is 58.5 Å². The Kier molecular flexibility index (Phi) is 6.75. The number of nitrogens with one attached hydrogen (secondary N) is 1. The summed E-state index contributed by atoms with van der Waals surface area (Å²) in [4.78, 5) is 17.1. The van der Waals surface area contributed by atoms with Crippen LogP contribution in [0.25, 0.3) is 0 Å². The highest BCUT2D eigenvalue weighted by molar-refractivity contribution is 7.98. The lowest BCUT2D eigenvalue weighted by Gasteiger charge is -2.11. The van der Waals surface area contributed by atoms with Gasteiger partial charge >= 0.3 is 0 Å². The lowest BCUT2D eigenvalue weighted by atomic mass is 10.1. The van der Waals surface area contributed by atoms with Crippen molar-refractivity contribution < 1.29 is 9.18 Å². The van der Waals surface area contributed by atoms with E-state index in [9.17, 15) is 14.4 Å². The van der Waals surface area contributed by atoms with E-state index in [1.165, 1.54) is 17.8 Å². The Morgan fingerprint density at radius 3 is 2.85 bits per heavy atom. The van der Waals surface area contributed by atoms with Crippen molar-refractivity contribution in [1.29, 1.82) is 5.26 Å². The molecule has 4 nitrogen and oxygen atoms in total. The van der Waals surface area contributed by atoms with Crippen molar-refractivity contribution in [2.75, 3.05) is 18.6 Å². The summed E-state index contributed by atoms with van der Waals surface area (Å²) in [6, 6.07) is 10.6. The summed E-state index contributed by atoms with van der Waals surface area (Å²) in [7, 11) is 0. The highest BCUT2D eigenvalue weighted by atomic mass is 32.2. The largest absolute Gasteiger partial charge is 0.351 e. The number of nitrogens with zero attached hydrogens (tertiary/aromatic N) is 2. The molecule has 0 radical (unpaired) electrons. The van der Waals surface area contributed by atoms with Gasteiger partial charge in [0.15, 0.2) is 0 Å². The number of halogens is 1. The molecule has 1 N–H and O–H groups in total. The van der Waals surface area contributed by atoms with Crippen molar-refractivity contribution in [3.8, 4) is 6.07 Å². The van der Waals surface area contributed by atoms with Gasteiger partial charge in [0.1, 0.15) is 16.9 Å². The second-order valence-electron chi connectivity index (χ2n) is 6.26. The van der Waals surface area contributed by atoms with Crippen LogP contribution in [0, 0.1) is 17.1 Å². The smallest absolute Gasteiger partial charge is 0.252 e. The second-order valence-corrected chi connectivity index (χ2v) is 8.17. The first-order valence-electron chi connectivity index (χ1n) is 8.72. The first kappa shape index (κ1) is 19.7. The van der Waals surface area contributed by atoms with E-state index in [0.717, 1.165) is 18.5 Å². The SMILES string of the molecule is CSc1nc(C2CC2)cc(C(=O)NCCSCc2ccccc2F)c1C#N. The third-order valence-corrected chi connectivity index (χ3v) is 5.99. The van der Waals surface area contributed by atoms with Gasteiger partial charge in [-0.3, -0.25) is 4.79 Å². The monoisotopic (exact) mass is 401 g/mol. The molecule has 1 aliphatic carbocycles. The molecule has 0 spiro atoms. The van der Waals surface area contributed by atoms with Gasteiger partial charge in [-0.15, -0.1) is 11.8 Å². The summed E-state index contributed by atoms with van der Waals surface area (Å²) in [6.07, 6.45) is 4.03. The Morgan fingerprint density at radius 1 is 1.41 bits per heavy atom. The standard InChI is InChI=1S/C20H20FN3OS2/c1-26-20-16(11-22)15(10-18(24-20)13-6-7-13)19(25)23-8-9-27-12-14-4-2-3-5-17(14)21/h2-5,10,13H,6-9,12H2,1H3,(H,23,25). The minimum absolute atomic E-state index is 0.207. The Balaban J connectivity index is 1.58. The topological polar surface area (TPSA) is 65.8 Å². The van der Waals surface area contributed by atoms with Gasteiger partial charge in [0.05, 0.1) is 11.1 Å². The first-order valence-corrected chi connectivity index (χ1v) is 11.1. The van der Waals surface area contributed by atoms with Crippen LogP contribution in [-0.4, -0.2) is 29.4 Å². The fourth-order valence-electron chi connectivity index (χ4n) is 2.69. The van der Waals surface area contributed by atoms with E-state index in [1.807, 2.05) is 12.3 Å². The number of pyridine rings is 1. The molecule has 0 unspecified atom stereocenters. The molecule has 1 amide bonds. The molecule has 7 heteroatoms. The number of benzene rings is 1. The Labute approximate surface area is 167 Å². The zero-order chi connectivity index (χ0) is 19.2. The van der Waals surface area contributed by atoms with Crippen molar-refractivity contribution in [2.45, 2.75) is 29.5 Å². The van der Waals surface area contributed by atoms with Crippen LogP contribution in [0.5, 0.6) is 0 Å². The van der Waals surface area contributed by atoms with Crippen LogP contribution >= 0.6 is 23.5 Å². The maximum atomic E-state index is 13.6. The molecule has 0 atom stereocenters. The lowest BCUT2D eigenvalue weighted by molar-refractivity contribution is 0.0955. The van der Waals surface area contributed by atoms with Crippen LogP contribution in [0.3, 0.4) is 0 Å². The number of carbonyl (C=O) groups is 1. The zero-order valence-corrected chi connectivity index (χ0v) is 16.6. The normalized spacial score (nSPS) is 13.2. The molecule has 1 saturated carbocycles. The van der Waals surface area contributed by atoms with E-state index in [4.69, 9.17) is 0 Å². The van der Waals surface area contributed by atoms with Gasteiger partial charge in [0, 0.05) is 29.7 Å². The number of nitriles is 1. The Morgan fingerprint density at radius 2 is 2.19 bits per heavy atom. The molecule has 1 aromatic carbocycles. The van der Waals surface area contributed by atoms with Gasteiger partial charge in [0.25, 0.3) is 5.91 Å². The third kappa shape index (κ3) is 5.02. The van der Waals surface area contributed by atoms with E-state index in [2.05, 4.69) is 16.4 Å². The van der Waals surface area contributed by atoms with Crippen LogP contribution in [0.15, 0.2) is 35.4 Å². The molecule has 1 heterocycles. The van der Waals surface area contributed by atoms with Gasteiger partial charge in [0.2, 0.25) is 0 Å². The van der Waals surface area contributed by atoms with Crippen LogP contribution in [0.4, 0.5) is 4.39 Å². The predicted octanol–water partition coefficient (Wildman–Crippen LogP) is 4.35. The minimum atomic E-state index is -0.252. The quantitative estimate of drug-likeness (QED) is 0.526. The fraction of sp³-hybridized carbons (Fsp3) is 0.350. The lowest BCUT2D eigenvalue weighted by Crippen LogP contribution is -2.27. The highest BCUT2D eigenvalue weighted by Crippen LogP contribution is 2.40. The third-order valence-electron chi connectivity index (χ3n) is 4.30. The van der Waals surface area contributed by atoms with E-state index < -0.39 is 0 Å². The van der Waals surface area contributed by atoms with Gasteiger partial charge in [-0.25, -0.2) is 9.37 Å². The summed E-state index contributed by atoms with van der Waals surface area (Å²) in [5.74, 6) is 1.17. The summed E-state index contributed by atoms with van der Waals surface area (Å²) in [5, 5.41) is 12.9. The van der Waals surface area contributed by atoms with Gasteiger partial charge in [-0.1, -0.05) is 18.2 Å². The minimum Gasteiger partial charge on any atom is -0.351 e. The number of aromatic nitrogens is 1. The highest BCUT2D eigenvalue weighted by Gasteiger charge is 2.28. The number of hydrogen-bond acceptors (Lipinski definition) is 5. The molecule has 0 bridgehead atoms. The number of hydrogen-bond donors (Lipinski definition) is 1. The maximum absolute atomic E-state index is 13.6. The number of carbonyl (C=O) groups excluding carboxylic acids is 1. The first-order chi connectivity index (χ1) is 13.1. The number of rotatable bonds is 8. The van der Waals surface area contributed by atoms with Gasteiger partial charge < -0.3 is 5.32 Å². The molecule has 1 aliphatic rings. The van der Waals surface area contributed by atoms with Crippen molar-refractivity contribution >= 4 is 29.4 Å². The molecular weight excluding hydrogens is 381 g/mol. The van der Waals surface area contributed by atoms with Crippen LogP contribution in [-0.2, 0) is 5.75 Å². The summed E-state index contributed by atoms with van der Waals surface area (Å²) in [6.45, 7) is 0.457. The van der Waals surface area contributed by atoms with Crippen LogP contribution in [0.1, 0.15) is 45.9 Å². The predicted molar refractivity (Wildman–Crippen MR) is 108 cm³/mol. The van der Waals surface area contributed by atoms with E-state index in [0.29, 0.717) is 45.7 Å². The molecule has 27 heavy (non-hydrogen) atoms. The number of amides is 1. The number of thioether (sulfide) groups is 2. The van der Waals surface area contributed by atoms with Crippen LogP contribution in [0.2, 0.25) is 0 Å². The fourth-order valence-corrected chi connectivity index (χ4v) is 4.09. The van der Waals surface area contributed by atoms with Crippen LogP contribution < -0.4 is 5.32 Å². The Hall–Kier alpha value is -2.04. The average molecular weight is 402 g/mol. The second kappa shape index (κ2) is 9.25. The summed E-state index contributed by atoms with van der Waals surface area (Å²) in [5.41, 5.74) is 2.30. The summed E-state index contributed by atoms with van der Waals surface area (Å²) >= 11 is 2.95. The maximum Gasteiger partial charge on any atom is 0.252 e. The zero-order valence-electron chi connectivity index (χ0n) is 15.0. The van der Waals surface area contributed by atoms with E-state index in [-0.39, 0.29) is 11.7 Å². The molecule has 3 rings (SSSR count).